The van der Waals surface area contributed by atoms with Crippen molar-refractivity contribution >= 4 is 29.3 Å². The number of thioether (sulfide) groups is 1. The number of nitrogens with one attached hydrogen (secondary N) is 2. The van der Waals surface area contributed by atoms with Crippen LogP contribution >= 0.6 is 11.8 Å². The Morgan fingerprint density at radius 1 is 1.13 bits per heavy atom. The molecule has 3 rings (SSSR count). The van der Waals surface area contributed by atoms with E-state index in [2.05, 4.69) is 20.8 Å². The third-order valence-corrected chi connectivity index (χ3v) is 5.42. The fourth-order valence-electron chi connectivity index (χ4n) is 2.76. The summed E-state index contributed by atoms with van der Waals surface area (Å²) in [6.07, 6.45) is 0. The molecule has 1 atom stereocenters. The van der Waals surface area contributed by atoms with Gasteiger partial charge >= 0.3 is 0 Å². The van der Waals surface area contributed by atoms with E-state index in [9.17, 15) is 14.0 Å². The molecule has 156 valence electrons. The number of aryl methyl sites for hydroxylation is 1. The molecular weight excluding hydrogens is 405 g/mol. The van der Waals surface area contributed by atoms with Crippen molar-refractivity contribution in [3.8, 4) is 0 Å². The highest BCUT2D eigenvalue weighted by Crippen LogP contribution is 2.20. The van der Waals surface area contributed by atoms with Gasteiger partial charge in [-0.2, -0.15) is 0 Å². The van der Waals surface area contributed by atoms with Crippen molar-refractivity contribution < 1.29 is 14.0 Å². The van der Waals surface area contributed by atoms with Crippen LogP contribution in [0.1, 0.15) is 34.7 Å². The van der Waals surface area contributed by atoms with Gasteiger partial charge in [0.1, 0.15) is 5.82 Å². The van der Waals surface area contributed by atoms with Crippen LogP contribution < -0.4 is 10.6 Å². The lowest BCUT2D eigenvalue weighted by Gasteiger charge is -2.13. The van der Waals surface area contributed by atoms with Crippen molar-refractivity contribution in [1.29, 1.82) is 0 Å². The molecule has 1 unspecified atom stereocenters. The second-order valence-corrected chi connectivity index (χ2v) is 7.72. The highest BCUT2D eigenvalue weighted by Gasteiger charge is 2.19. The molecule has 7 nitrogen and oxygen atoms in total. The summed E-state index contributed by atoms with van der Waals surface area (Å²) < 4.78 is 15.4. The number of rotatable bonds is 7. The molecular formula is C21H22FN5O2S. The Labute approximate surface area is 178 Å². The molecule has 0 aliphatic heterocycles. The number of carbonyl (C=O) groups excluding carboxylic acids is 2. The summed E-state index contributed by atoms with van der Waals surface area (Å²) >= 11 is 1.18. The van der Waals surface area contributed by atoms with E-state index in [-0.39, 0.29) is 29.3 Å². The smallest absolute Gasteiger partial charge is 0.251 e. The molecule has 0 aliphatic rings. The molecule has 0 aliphatic carbocycles. The Kier molecular flexibility index (Phi) is 6.83. The first-order valence-electron chi connectivity index (χ1n) is 9.29. The second kappa shape index (κ2) is 9.53. The van der Waals surface area contributed by atoms with Crippen LogP contribution in [0.25, 0.3) is 0 Å². The minimum Gasteiger partial charge on any atom is -0.342 e. The Bertz CT molecular complexity index is 1050. The molecule has 1 aromatic heterocycles. The maximum absolute atomic E-state index is 13.6. The van der Waals surface area contributed by atoms with Gasteiger partial charge in [-0.25, -0.2) is 4.39 Å². The Morgan fingerprint density at radius 2 is 1.83 bits per heavy atom. The summed E-state index contributed by atoms with van der Waals surface area (Å²) in [5, 5.41) is 14.2. The normalized spacial score (nSPS) is 11.7. The molecule has 9 heteroatoms. The van der Waals surface area contributed by atoms with Crippen LogP contribution in [0.5, 0.6) is 0 Å². The molecule has 2 N–H and O–H groups in total. The number of carbonyl (C=O) groups is 2. The van der Waals surface area contributed by atoms with E-state index in [0.717, 1.165) is 5.56 Å². The van der Waals surface area contributed by atoms with E-state index in [1.807, 2.05) is 26.0 Å². The van der Waals surface area contributed by atoms with E-state index in [0.29, 0.717) is 16.5 Å². The number of hydrogen-bond acceptors (Lipinski definition) is 5. The SMILES string of the molecule is Cc1ccc(C(=O)NC(C)c2nnc(SCC(=O)Nc3ccccc3F)n2C)cc1. The van der Waals surface area contributed by atoms with Crippen molar-refractivity contribution in [2.24, 2.45) is 7.05 Å². The summed E-state index contributed by atoms with van der Waals surface area (Å²) in [5.74, 6) is -0.438. The molecule has 3 aromatic rings. The first-order valence-corrected chi connectivity index (χ1v) is 10.3. The van der Waals surface area contributed by atoms with Crippen LogP contribution in [-0.2, 0) is 11.8 Å². The zero-order valence-electron chi connectivity index (χ0n) is 16.8. The highest BCUT2D eigenvalue weighted by atomic mass is 32.2. The maximum Gasteiger partial charge on any atom is 0.251 e. The summed E-state index contributed by atoms with van der Waals surface area (Å²) in [4.78, 5) is 24.5. The Hall–Kier alpha value is -3.20. The van der Waals surface area contributed by atoms with Gasteiger partial charge in [-0.3, -0.25) is 9.59 Å². The predicted molar refractivity (Wildman–Crippen MR) is 114 cm³/mol. The fourth-order valence-corrected chi connectivity index (χ4v) is 3.48. The molecule has 0 fully saturated rings. The molecule has 0 saturated heterocycles. The zero-order chi connectivity index (χ0) is 21.7. The standard InChI is InChI=1S/C21H22FN5O2S/c1-13-8-10-15(11-9-13)20(29)23-14(2)19-25-26-21(27(19)3)30-12-18(28)24-17-7-5-4-6-16(17)22/h4-11,14H,12H2,1-3H3,(H,23,29)(H,24,28). The molecule has 0 bridgehead atoms. The van der Waals surface area contributed by atoms with Gasteiger partial charge in [0, 0.05) is 12.6 Å². The summed E-state index contributed by atoms with van der Waals surface area (Å²) in [7, 11) is 1.76. The predicted octanol–water partition coefficient (Wildman–Crippen LogP) is 3.48. The number of benzene rings is 2. The van der Waals surface area contributed by atoms with E-state index in [1.54, 1.807) is 35.9 Å². The monoisotopic (exact) mass is 427 g/mol. The number of para-hydroxylation sites is 1. The number of halogens is 1. The Morgan fingerprint density at radius 3 is 2.53 bits per heavy atom. The lowest BCUT2D eigenvalue weighted by Crippen LogP contribution is -2.28. The summed E-state index contributed by atoms with van der Waals surface area (Å²) in [6, 6.07) is 12.9. The number of aromatic nitrogens is 3. The largest absolute Gasteiger partial charge is 0.342 e. The first-order chi connectivity index (χ1) is 14.3. The third-order valence-electron chi connectivity index (χ3n) is 4.40. The lowest BCUT2D eigenvalue weighted by molar-refractivity contribution is -0.113. The molecule has 30 heavy (non-hydrogen) atoms. The zero-order valence-corrected chi connectivity index (χ0v) is 17.7. The Balaban J connectivity index is 1.58. The van der Waals surface area contributed by atoms with Crippen LogP contribution in [0.15, 0.2) is 53.7 Å². The summed E-state index contributed by atoms with van der Waals surface area (Å²) in [5.41, 5.74) is 1.77. The van der Waals surface area contributed by atoms with Crippen LogP contribution in [-0.4, -0.2) is 32.3 Å². The van der Waals surface area contributed by atoms with Gasteiger partial charge < -0.3 is 15.2 Å². The van der Waals surface area contributed by atoms with Gasteiger partial charge in [0.15, 0.2) is 11.0 Å². The van der Waals surface area contributed by atoms with Crippen LogP contribution in [0.3, 0.4) is 0 Å². The van der Waals surface area contributed by atoms with Gasteiger partial charge in [0.2, 0.25) is 5.91 Å². The number of nitrogens with zero attached hydrogens (tertiary/aromatic N) is 3. The van der Waals surface area contributed by atoms with Crippen LogP contribution in [0.4, 0.5) is 10.1 Å². The first kappa shape index (κ1) is 21.5. The van der Waals surface area contributed by atoms with Gasteiger partial charge in [0.05, 0.1) is 17.5 Å². The van der Waals surface area contributed by atoms with Crippen molar-refractivity contribution in [3.63, 3.8) is 0 Å². The van der Waals surface area contributed by atoms with Crippen molar-refractivity contribution in [3.05, 3.63) is 71.3 Å². The highest BCUT2D eigenvalue weighted by molar-refractivity contribution is 7.99. The van der Waals surface area contributed by atoms with Crippen molar-refractivity contribution in [2.75, 3.05) is 11.1 Å². The van der Waals surface area contributed by atoms with Gasteiger partial charge in [-0.05, 0) is 38.1 Å². The second-order valence-electron chi connectivity index (χ2n) is 6.78. The van der Waals surface area contributed by atoms with Crippen molar-refractivity contribution in [1.82, 2.24) is 20.1 Å². The molecule has 2 aromatic carbocycles. The fraction of sp³-hybridized carbons (Fsp3) is 0.238. The average molecular weight is 428 g/mol. The quantitative estimate of drug-likeness (QED) is 0.564. The number of amides is 2. The van der Waals surface area contributed by atoms with Crippen LogP contribution in [0.2, 0.25) is 0 Å². The van der Waals surface area contributed by atoms with Gasteiger partial charge in [-0.15, -0.1) is 10.2 Å². The molecule has 0 spiro atoms. The van der Waals surface area contributed by atoms with Gasteiger partial charge in [0.25, 0.3) is 5.91 Å². The number of hydrogen-bond donors (Lipinski definition) is 2. The van der Waals surface area contributed by atoms with Crippen LogP contribution in [0, 0.1) is 12.7 Å². The van der Waals surface area contributed by atoms with E-state index >= 15 is 0 Å². The topological polar surface area (TPSA) is 88.9 Å². The van der Waals surface area contributed by atoms with E-state index in [1.165, 1.54) is 23.9 Å². The maximum atomic E-state index is 13.6. The summed E-state index contributed by atoms with van der Waals surface area (Å²) in [6.45, 7) is 3.77. The number of anilines is 1. The minimum absolute atomic E-state index is 0.0460. The molecule has 1 heterocycles. The molecule has 0 radical (unpaired) electrons. The molecule has 0 saturated carbocycles. The average Bonchev–Trinajstić information content (AvgIpc) is 3.09. The lowest BCUT2D eigenvalue weighted by atomic mass is 10.1. The van der Waals surface area contributed by atoms with Crippen molar-refractivity contribution in [2.45, 2.75) is 25.0 Å². The van der Waals surface area contributed by atoms with E-state index < -0.39 is 5.82 Å². The van der Waals surface area contributed by atoms with Gasteiger partial charge in [-0.1, -0.05) is 41.6 Å². The van der Waals surface area contributed by atoms with E-state index in [4.69, 9.17) is 0 Å². The minimum atomic E-state index is -0.491. The molecule has 2 amide bonds. The third kappa shape index (κ3) is 5.24.